The van der Waals surface area contributed by atoms with Gasteiger partial charge in [-0.05, 0) is 26.0 Å². The lowest BCUT2D eigenvalue weighted by Crippen LogP contribution is -2.39. The highest BCUT2D eigenvalue weighted by atomic mass is 16.4. The second kappa shape index (κ2) is 6.03. The Bertz CT molecular complexity index is 488. The van der Waals surface area contributed by atoms with Crippen LogP contribution in [0.1, 0.15) is 24.3 Å². The third-order valence-corrected chi connectivity index (χ3v) is 2.32. The summed E-state index contributed by atoms with van der Waals surface area (Å²) >= 11 is 0. The molecule has 104 valence electrons. The molecule has 0 saturated carbocycles. The number of nitrogen functional groups attached to an aromatic ring is 1. The summed E-state index contributed by atoms with van der Waals surface area (Å²) < 4.78 is 0. The number of aromatic nitrogens is 1. The number of nitrogens with zero attached hydrogens (tertiary/aromatic N) is 2. The highest BCUT2D eigenvalue weighted by Crippen LogP contribution is 2.19. The minimum Gasteiger partial charge on any atom is -0.477 e. The molecule has 0 aliphatic heterocycles. The lowest BCUT2D eigenvalue weighted by Gasteiger charge is -2.20. The van der Waals surface area contributed by atoms with Crippen LogP contribution in [0.5, 0.6) is 0 Å². The van der Waals surface area contributed by atoms with Crippen molar-refractivity contribution in [3.63, 3.8) is 0 Å². The van der Waals surface area contributed by atoms with Crippen molar-refractivity contribution in [2.45, 2.75) is 19.9 Å². The van der Waals surface area contributed by atoms with Gasteiger partial charge in [-0.15, -0.1) is 0 Å². The molecule has 0 aliphatic rings. The van der Waals surface area contributed by atoms with E-state index in [-0.39, 0.29) is 30.0 Å². The van der Waals surface area contributed by atoms with E-state index in [9.17, 15) is 9.59 Å². The molecule has 1 aromatic rings. The van der Waals surface area contributed by atoms with E-state index in [2.05, 4.69) is 10.3 Å². The summed E-state index contributed by atoms with van der Waals surface area (Å²) in [5.41, 5.74) is 5.95. The largest absolute Gasteiger partial charge is 0.477 e. The van der Waals surface area contributed by atoms with Gasteiger partial charge in [0.15, 0.2) is 11.5 Å². The third-order valence-electron chi connectivity index (χ3n) is 2.32. The topological polar surface area (TPSA) is 109 Å². The molecule has 7 nitrogen and oxygen atoms in total. The van der Waals surface area contributed by atoms with Crippen LogP contribution in [0.2, 0.25) is 0 Å². The lowest BCUT2D eigenvalue weighted by atomic mass is 10.3. The normalized spacial score (nSPS) is 10.3. The number of pyridine rings is 1. The SMILES string of the molecule is CC(C)NC(=O)CN(C)c1nc(C(=O)O)ccc1N. The first-order valence-electron chi connectivity index (χ1n) is 5.81. The van der Waals surface area contributed by atoms with Gasteiger partial charge in [-0.1, -0.05) is 0 Å². The van der Waals surface area contributed by atoms with Gasteiger partial charge in [0, 0.05) is 13.1 Å². The molecule has 0 aromatic carbocycles. The fourth-order valence-electron chi connectivity index (χ4n) is 1.54. The number of hydrogen-bond acceptors (Lipinski definition) is 5. The average Bonchev–Trinajstić information content (AvgIpc) is 2.27. The van der Waals surface area contributed by atoms with Crippen LogP contribution < -0.4 is 16.0 Å². The number of aromatic carboxylic acids is 1. The maximum Gasteiger partial charge on any atom is 0.354 e. The molecule has 7 heteroatoms. The Labute approximate surface area is 111 Å². The molecule has 0 unspecified atom stereocenters. The van der Waals surface area contributed by atoms with E-state index >= 15 is 0 Å². The maximum atomic E-state index is 11.6. The van der Waals surface area contributed by atoms with Gasteiger partial charge < -0.3 is 21.1 Å². The Kier molecular flexibility index (Phi) is 4.68. The number of rotatable bonds is 5. The molecule has 0 atom stereocenters. The maximum absolute atomic E-state index is 11.6. The minimum atomic E-state index is -1.14. The molecule has 1 heterocycles. The molecule has 0 aliphatic carbocycles. The van der Waals surface area contributed by atoms with Crippen LogP contribution in [-0.4, -0.2) is 41.6 Å². The van der Waals surface area contributed by atoms with E-state index in [0.29, 0.717) is 5.69 Å². The lowest BCUT2D eigenvalue weighted by molar-refractivity contribution is -0.120. The van der Waals surface area contributed by atoms with Crippen molar-refractivity contribution in [1.29, 1.82) is 0 Å². The van der Waals surface area contributed by atoms with Crippen LogP contribution in [0, 0.1) is 0 Å². The Balaban J connectivity index is 2.86. The van der Waals surface area contributed by atoms with Gasteiger partial charge in [-0.2, -0.15) is 0 Å². The van der Waals surface area contributed by atoms with Crippen LogP contribution in [0.4, 0.5) is 11.5 Å². The first-order chi connectivity index (χ1) is 8.81. The number of anilines is 2. The Morgan fingerprint density at radius 3 is 2.63 bits per heavy atom. The smallest absolute Gasteiger partial charge is 0.354 e. The van der Waals surface area contributed by atoms with Crippen molar-refractivity contribution >= 4 is 23.4 Å². The summed E-state index contributed by atoms with van der Waals surface area (Å²) in [5.74, 6) is -1.04. The predicted molar refractivity (Wildman–Crippen MR) is 72.2 cm³/mol. The van der Waals surface area contributed by atoms with E-state index in [1.165, 1.54) is 17.0 Å². The Morgan fingerprint density at radius 1 is 1.47 bits per heavy atom. The molecule has 0 radical (unpaired) electrons. The second-order valence-corrected chi connectivity index (χ2v) is 4.49. The number of nitrogens with one attached hydrogen (secondary N) is 1. The van der Waals surface area contributed by atoms with Gasteiger partial charge >= 0.3 is 5.97 Å². The number of carbonyl (C=O) groups is 2. The van der Waals surface area contributed by atoms with E-state index in [4.69, 9.17) is 10.8 Å². The average molecular weight is 266 g/mol. The molecule has 1 rings (SSSR count). The van der Waals surface area contributed by atoms with E-state index in [1.54, 1.807) is 7.05 Å². The quantitative estimate of drug-likeness (QED) is 0.708. The van der Waals surface area contributed by atoms with Gasteiger partial charge in [0.25, 0.3) is 0 Å². The molecule has 1 aromatic heterocycles. The van der Waals surface area contributed by atoms with Crippen LogP contribution in [0.25, 0.3) is 0 Å². The van der Waals surface area contributed by atoms with Crippen LogP contribution in [0.3, 0.4) is 0 Å². The van der Waals surface area contributed by atoms with Gasteiger partial charge in [-0.25, -0.2) is 9.78 Å². The van der Waals surface area contributed by atoms with E-state index < -0.39 is 5.97 Å². The van der Waals surface area contributed by atoms with Crippen LogP contribution >= 0.6 is 0 Å². The molecule has 0 saturated heterocycles. The molecule has 19 heavy (non-hydrogen) atoms. The first kappa shape index (κ1) is 14.7. The molecular formula is C12H18N4O3. The first-order valence-corrected chi connectivity index (χ1v) is 5.81. The Hall–Kier alpha value is -2.31. The van der Waals surface area contributed by atoms with Crippen molar-refractivity contribution < 1.29 is 14.7 Å². The number of amides is 1. The number of carbonyl (C=O) groups excluding carboxylic acids is 1. The summed E-state index contributed by atoms with van der Waals surface area (Å²) in [6.07, 6.45) is 0. The molecule has 4 N–H and O–H groups in total. The van der Waals surface area contributed by atoms with Crippen molar-refractivity contribution in [3.05, 3.63) is 17.8 Å². The highest BCUT2D eigenvalue weighted by molar-refractivity contribution is 5.87. The number of hydrogen-bond donors (Lipinski definition) is 3. The number of likely N-dealkylation sites (N-methyl/N-ethyl adjacent to an activating group) is 1. The highest BCUT2D eigenvalue weighted by Gasteiger charge is 2.14. The summed E-state index contributed by atoms with van der Waals surface area (Å²) in [4.78, 5) is 27.9. The van der Waals surface area contributed by atoms with Gasteiger partial charge in [-0.3, -0.25) is 4.79 Å². The van der Waals surface area contributed by atoms with Crippen LogP contribution in [-0.2, 0) is 4.79 Å². The van der Waals surface area contributed by atoms with Crippen molar-refractivity contribution in [2.75, 3.05) is 24.2 Å². The minimum absolute atomic E-state index is 0.0385. The van der Waals surface area contributed by atoms with Gasteiger partial charge in [0.2, 0.25) is 5.91 Å². The summed E-state index contributed by atoms with van der Waals surface area (Å²) in [6.45, 7) is 3.77. The number of nitrogens with two attached hydrogens (primary N) is 1. The monoisotopic (exact) mass is 266 g/mol. The van der Waals surface area contributed by atoms with Gasteiger partial charge in [0.1, 0.15) is 0 Å². The third kappa shape index (κ3) is 4.13. The van der Waals surface area contributed by atoms with Crippen molar-refractivity contribution in [2.24, 2.45) is 0 Å². The Morgan fingerprint density at radius 2 is 2.11 bits per heavy atom. The molecule has 1 amide bonds. The predicted octanol–water partition coefficient (Wildman–Crippen LogP) is 0.323. The zero-order valence-electron chi connectivity index (χ0n) is 11.2. The van der Waals surface area contributed by atoms with E-state index in [0.717, 1.165) is 0 Å². The summed E-state index contributed by atoms with van der Waals surface area (Å²) in [7, 11) is 1.63. The van der Waals surface area contributed by atoms with Crippen molar-refractivity contribution in [1.82, 2.24) is 10.3 Å². The molecule has 0 spiro atoms. The van der Waals surface area contributed by atoms with Crippen molar-refractivity contribution in [3.8, 4) is 0 Å². The summed E-state index contributed by atoms with van der Waals surface area (Å²) in [5, 5.41) is 11.6. The standard InChI is InChI=1S/C12H18N4O3/c1-7(2)14-10(17)6-16(3)11-8(13)4-5-9(15-11)12(18)19/h4-5,7H,6,13H2,1-3H3,(H,14,17)(H,18,19). The van der Waals surface area contributed by atoms with E-state index in [1.807, 2.05) is 13.8 Å². The zero-order valence-corrected chi connectivity index (χ0v) is 11.2. The fraction of sp³-hybridized carbons (Fsp3) is 0.417. The summed E-state index contributed by atoms with van der Waals surface area (Å²) in [6, 6.07) is 2.82. The molecular weight excluding hydrogens is 248 g/mol. The van der Waals surface area contributed by atoms with Gasteiger partial charge in [0.05, 0.1) is 12.2 Å². The molecule has 0 fully saturated rings. The molecule has 0 bridgehead atoms. The second-order valence-electron chi connectivity index (χ2n) is 4.49. The fourth-order valence-corrected chi connectivity index (χ4v) is 1.54. The zero-order chi connectivity index (χ0) is 14.6. The number of carboxylic acids is 1. The van der Waals surface area contributed by atoms with Crippen LogP contribution in [0.15, 0.2) is 12.1 Å². The number of carboxylic acid groups (broad SMARTS) is 1.